The van der Waals surface area contributed by atoms with Crippen molar-refractivity contribution in [3.63, 3.8) is 0 Å². The molecule has 1 aliphatic carbocycles. The Hall–Kier alpha value is -0.830. The molecule has 0 aliphatic heterocycles. The molecule has 1 unspecified atom stereocenters. The maximum Gasteiger partial charge on any atom is 0.0655 e. The van der Waals surface area contributed by atoms with Gasteiger partial charge in [0.1, 0.15) is 0 Å². The van der Waals surface area contributed by atoms with E-state index in [2.05, 4.69) is 16.3 Å². The maximum atomic E-state index is 5.79. The van der Waals surface area contributed by atoms with Crippen LogP contribution < -0.4 is 5.73 Å². The SMILES string of the molecule is CC(N)Cc1cc(C2CCCCCC2)n[nH]1. The molecule has 1 heterocycles. The lowest BCUT2D eigenvalue weighted by molar-refractivity contribution is 0.576. The second-order valence-electron chi connectivity index (χ2n) is 5.19. The number of aromatic amines is 1. The van der Waals surface area contributed by atoms with Gasteiger partial charge in [-0.25, -0.2) is 0 Å². The summed E-state index contributed by atoms with van der Waals surface area (Å²) in [5.41, 5.74) is 8.24. The fourth-order valence-electron chi connectivity index (χ4n) is 2.62. The van der Waals surface area contributed by atoms with Gasteiger partial charge in [-0.05, 0) is 25.8 Å². The number of H-pyrrole nitrogens is 1. The van der Waals surface area contributed by atoms with Crippen LogP contribution in [0, 0.1) is 0 Å². The molecular weight excluding hydrogens is 198 g/mol. The molecule has 3 heteroatoms. The van der Waals surface area contributed by atoms with Crippen LogP contribution in [0.15, 0.2) is 6.07 Å². The van der Waals surface area contributed by atoms with E-state index in [9.17, 15) is 0 Å². The van der Waals surface area contributed by atoms with Crippen molar-refractivity contribution in [3.8, 4) is 0 Å². The number of nitrogens with two attached hydrogens (primary N) is 1. The molecule has 0 saturated heterocycles. The van der Waals surface area contributed by atoms with E-state index in [1.54, 1.807) is 0 Å². The molecule has 0 bridgehead atoms. The minimum Gasteiger partial charge on any atom is -0.328 e. The van der Waals surface area contributed by atoms with Crippen LogP contribution in [-0.2, 0) is 6.42 Å². The van der Waals surface area contributed by atoms with Crippen molar-refractivity contribution in [1.29, 1.82) is 0 Å². The fourth-order valence-corrected chi connectivity index (χ4v) is 2.62. The number of rotatable bonds is 3. The van der Waals surface area contributed by atoms with Crippen LogP contribution in [0.5, 0.6) is 0 Å². The third kappa shape index (κ3) is 3.08. The molecule has 1 aliphatic rings. The van der Waals surface area contributed by atoms with Crippen LogP contribution in [-0.4, -0.2) is 16.2 Å². The molecule has 1 aromatic heterocycles. The molecule has 1 atom stereocenters. The highest BCUT2D eigenvalue weighted by Crippen LogP contribution is 2.30. The number of hydrogen-bond acceptors (Lipinski definition) is 2. The molecule has 0 aromatic carbocycles. The van der Waals surface area contributed by atoms with Crippen LogP contribution in [0.1, 0.15) is 62.8 Å². The molecule has 16 heavy (non-hydrogen) atoms. The zero-order valence-electron chi connectivity index (χ0n) is 10.2. The predicted molar refractivity (Wildman–Crippen MR) is 66.4 cm³/mol. The summed E-state index contributed by atoms with van der Waals surface area (Å²) in [5, 5.41) is 7.58. The lowest BCUT2D eigenvalue weighted by Crippen LogP contribution is -2.17. The standard InChI is InChI=1S/C13H23N3/c1-10(14)8-12-9-13(16-15-12)11-6-4-2-3-5-7-11/h9-11H,2-8,14H2,1H3,(H,15,16). The molecule has 2 rings (SSSR count). The summed E-state index contributed by atoms with van der Waals surface area (Å²) in [4.78, 5) is 0. The highest BCUT2D eigenvalue weighted by Gasteiger charge is 2.17. The largest absolute Gasteiger partial charge is 0.328 e. The summed E-state index contributed by atoms with van der Waals surface area (Å²) in [5.74, 6) is 0.681. The zero-order valence-corrected chi connectivity index (χ0v) is 10.2. The summed E-state index contributed by atoms with van der Waals surface area (Å²) in [6, 6.07) is 2.43. The first kappa shape index (κ1) is 11.6. The molecule has 1 saturated carbocycles. The van der Waals surface area contributed by atoms with E-state index in [4.69, 9.17) is 5.73 Å². The van der Waals surface area contributed by atoms with Crippen LogP contribution in [0.3, 0.4) is 0 Å². The van der Waals surface area contributed by atoms with Gasteiger partial charge < -0.3 is 5.73 Å². The first-order chi connectivity index (χ1) is 7.75. The summed E-state index contributed by atoms with van der Waals surface area (Å²) in [7, 11) is 0. The quantitative estimate of drug-likeness (QED) is 0.771. The van der Waals surface area contributed by atoms with Crippen molar-refractivity contribution in [3.05, 3.63) is 17.5 Å². The minimum absolute atomic E-state index is 0.211. The van der Waals surface area contributed by atoms with Gasteiger partial charge in [0.05, 0.1) is 5.69 Å². The summed E-state index contributed by atoms with van der Waals surface area (Å²) in [6.45, 7) is 2.03. The fraction of sp³-hybridized carbons (Fsp3) is 0.769. The molecule has 1 fully saturated rings. The van der Waals surface area contributed by atoms with Gasteiger partial charge in [-0.1, -0.05) is 25.7 Å². The maximum absolute atomic E-state index is 5.79. The molecule has 1 aromatic rings. The van der Waals surface area contributed by atoms with Gasteiger partial charge in [0.15, 0.2) is 0 Å². The molecule has 0 radical (unpaired) electrons. The monoisotopic (exact) mass is 221 g/mol. The van der Waals surface area contributed by atoms with Gasteiger partial charge >= 0.3 is 0 Å². The minimum atomic E-state index is 0.211. The van der Waals surface area contributed by atoms with E-state index < -0.39 is 0 Å². The second kappa shape index (κ2) is 5.48. The first-order valence-corrected chi connectivity index (χ1v) is 6.55. The zero-order chi connectivity index (χ0) is 11.4. The van der Waals surface area contributed by atoms with E-state index >= 15 is 0 Å². The van der Waals surface area contributed by atoms with Crippen LogP contribution in [0.2, 0.25) is 0 Å². The number of hydrogen-bond donors (Lipinski definition) is 2. The number of aromatic nitrogens is 2. The lowest BCUT2D eigenvalue weighted by atomic mass is 9.96. The van der Waals surface area contributed by atoms with Crippen molar-refractivity contribution < 1.29 is 0 Å². The van der Waals surface area contributed by atoms with E-state index in [0.717, 1.165) is 6.42 Å². The Balaban J connectivity index is 1.99. The van der Waals surface area contributed by atoms with Crippen molar-refractivity contribution in [1.82, 2.24) is 10.2 Å². The van der Waals surface area contributed by atoms with Gasteiger partial charge in [-0.3, -0.25) is 5.10 Å². The van der Waals surface area contributed by atoms with Crippen LogP contribution in [0.4, 0.5) is 0 Å². The van der Waals surface area contributed by atoms with Gasteiger partial charge in [-0.2, -0.15) is 5.10 Å². The highest BCUT2D eigenvalue weighted by atomic mass is 15.1. The Morgan fingerprint density at radius 2 is 2.06 bits per heavy atom. The first-order valence-electron chi connectivity index (χ1n) is 6.55. The predicted octanol–water partition coefficient (Wildman–Crippen LogP) is 2.74. The topological polar surface area (TPSA) is 54.7 Å². The molecule has 3 N–H and O–H groups in total. The Morgan fingerprint density at radius 1 is 1.38 bits per heavy atom. The smallest absolute Gasteiger partial charge is 0.0655 e. The molecule has 90 valence electrons. The molecule has 0 amide bonds. The van der Waals surface area contributed by atoms with Crippen molar-refractivity contribution in [2.24, 2.45) is 5.73 Å². The third-order valence-corrected chi connectivity index (χ3v) is 3.47. The van der Waals surface area contributed by atoms with E-state index in [1.165, 1.54) is 49.9 Å². The lowest BCUT2D eigenvalue weighted by Gasteiger charge is -2.09. The third-order valence-electron chi connectivity index (χ3n) is 3.47. The Labute approximate surface area is 97.8 Å². The number of nitrogens with zero attached hydrogens (tertiary/aromatic N) is 1. The Kier molecular flexibility index (Phi) is 3.99. The van der Waals surface area contributed by atoms with Crippen molar-refractivity contribution in [2.75, 3.05) is 0 Å². The van der Waals surface area contributed by atoms with Gasteiger partial charge in [0.2, 0.25) is 0 Å². The van der Waals surface area contributed by atoms with Crippen LogP contribution >= 0.6 is 0 Å². The molecule has 3 nitrogen and oxygen atoms in total. The summed E-state index contributed by atoms with van der Waals surface area (Å²) < 4.78 is 0. The van der Waals surface area contributed by atoms with Crippen molar-refractivity contribution >= 4 is 0 Å². The molecular formula is C13H23N3. The highest BCUT2D eigenvalue weighted by molar-refractivity contribution is 5.14. The van der Waals surface area contributed by atoms with Gasteiger partial charge in [0, 0.05) is 24.1 Å². The summed E-state index contributed by atoms with van der Waals surface area (Å²) in [6.07, 6.45) is 9.03. The molecule has 0 spiro atoms. The Morgan fingerprint density at radius 3 is 2.69 bits per heavy atom. The van der Waals surface area contributed by atoms with E-state index in [-0.39, 0.29) is 6.04 Å². The van der Waals surface area contributed by atoms with Crippen LogP contribution in [0.25, 0.3) is 0 Å². The average Bonchev–Trinajstić information content (AvgIpc) is 2.53. The Bertz CT molecular complexity index is 309. The van der Waals surface area contributed by atoms with Crippen molar-refractivity contribution in [2.45, 2.75) is 63.8 Å². The van der Waals surface area contributed by atoms with E-state index in [1.807, 2.05) is 6.92 Å². The summed E-state index contributed by atoms with van der Waals surface area (Å²) >= 11 is 0. The van der Waals surface area contributed by atoms with Gasteiger partial charge in [0.25, 0.3) is 0 Å². The average molecular weight is 221 g/mol. The normalized spacial score (nSPS) is 20.6. The van der Waals surface area contributed by atoms with E-state index in [0.29, 0.717) is 5.92 Å². The van der Waals surface area contributed by atoms with Gasteiger partial charge in [-0.15, -0.1) is 0 Å². The number of nitrogens with one attached hydrogen (secondary N) is 1. The second-order valence-corrected chi connectivity index (χ2v) is 5.19.